The van der Waals surface area contributed by atoms with E-state index in [1.54, 1.807) is 60.7 Å². The summed E-state index contributed by atoms with van der Waals surface area (Å²) in [5.41, 5.74) is 6.95. The average molecular weight is 507 g/mol. The summed E-state index contributed by atoms with van der Waals surface area (Å²) < 4.78 is 10.9. The molecule has 5 nitrogen and oxygen atoms in total. The lowest BCUT2D eigenvalue weighted by Gasteiger charge is -2.08. The van der Waals surface area contributed by atoms with E-state index < -0.39 is 11.9 Å². The van der Waals surface area contributed by atoms with E-state index in [2.05, 4.69) is 0 Å². The van der Waals surface area contributed by atoms with Crippen molar-refractivity contribution < 1.29 is 23.9 Å². The van der Waals surface area contributed by atoms with Crippen LogP contribution in [0.1, 0.15) is 54.1 Å². The van der Waals surface area contributed by atoms with E-state index in [1.807, 2.05) is 52.0 Å². The first-order chi connectivity index (χ1) is 18.2. The molecule has 0 saturated heterocycles. The standard InChI is InChI=1S/C33H30O5/c1-21-5-11-27(17-23(21)3)32(35)37-30-13-7-25(8-14-30)19-29(34)20-26-9-15-31(16-10-26)38-33(36)28-12-6-22(2)24(4)18-28/h5-18H,19-20H2,1-4H3. The molecule has 0 aliphatic rings. The molecule has 0 radical (unpaired) electrons. The van der Waals surface area contributed by atoms with Gasteiger partial charge in [0.05, 0.1) is 11.1 Å². The van der Waals surface area contributed by atoms with Crippen LogP contribution in [-0.4, -0.2) is 17.7 Å². The lowest BCUT2D eigenvalue weighted by atomic mass is 10.0. The fourth-order valence-electron chi connectivity index (χ4n) is 3.94. The summed E-state index contributed by atoms with van der Waals surface area (Å²) in [6.45, 7) is 7.89. The zero-order chi connectivity index (χ0) is 27.2. The molecule has 38 heavy (non-hydrogen) atoms. The van der Waals surface area contributed by atoms with Crippen LogP contribution in [0.3, 0.4) is 0 Å². The number of ketones is 1. The van der Waals surface area contributed by atoms with Crippen LogP contribution in [-0.2, 0) is 17.6 Å². The summed E-state index contributed by atoms with van der Waals surface area (Å²) in [6.07, 6.45) is 0.518. The van der Waals surface area contributed by atoms with Crippen molar-refractivity contribution in [2.45, 2.75) is 40.5 Å². The highest BCUT2D eigenvalue weighted by Gasteiger charge is 2.12. The third-order valence-electron chi connectivity index (χ3n) is 6.56. The van der Waals surface area contributed by atoms with Crippen LogP contribution in [0.15, 0.2) is 84.9 Å². The maximum Gasteiger partial charge on any atom is 0.343 e. The van der Waals surface area contributed by atoms with Crippen molar-refractivity contribution in [1.82, 2.24) is 0 Å². The van der Waals surface area contributed by atoms with Crippen molar-refractivity contribution in [2.24, 2.45) is 0 Å². The van der Waals surface area contributed by atoms with Crippen molar-refractivity contribution in [3.63, 3.8) is 0 Å². The fourth-order valence-corrected chi connectivity index (χ4v) is 3.94. The Bertz CT molecular complexity index is 1370. The molecular formula is C33H30O5. The highest BCUT2D eigenvalue weighted by atomic mass is 16.5. The highest BCUT2D eigenvalue weighted by Crippen LogP contribution is 2.19. The number of rotatable bonds is 8. The number of ether oxygens (including phenoxy) is 2. The van der Waals surface area contributed by atoms with Gasteiger partial charge in [-0.2, -0.15) is 0 Å². The van der Waals surface area contributed by atoms with Crippen molar-refractivity contribution in [1.29, 1.82) is 0 Å². The van der Waals surface area contributed by atoms with Crippen LogP contribution < -0.4 is 9.47 Å². The number of Topliss-reactive ketones (excluding diaryl/α,β-unsaturated/α-hetero) is 1. The molecule has 0 aliphatic heterocycles. The lowest BCUT2D eigenvalue weighted by Crippen LogP contribution is -2.10. The van der Waals surface area contributed by atoms with Crippen LogP contribution in [0.25, 0.3) is 0 Å². The lowest BCUT2D eigenvalue weighted by molar-refractivity contribution is -0.117. The fraction of sp³-hybridized carbons (Fsp3) is 0.182. The van der Waals surface area contributed by atoms with E-state index in [-0.39, 0.29) is 18.6 Å². The van der Waals surface area contributed by atoms with E-state index in [0.717, 1.165) is 33.4 Å². The van der Waals surface area contributed by atoms with Crippen molar-refractivity contribution >= 4 is 17.7 Å². The second-order valence-electron chi connectivity index (χ2n) is 9.56. The topological polar surface area (TPSA) is 69.7 Å². The Hall–Kier alpha value is -4.51. The number of carbonyl (C=O) groups excluding carboxylic acids is 3. The zero-order valence-corrected chi connectivity index (χ0v) is 22.0. The number of aryl methyl sites for hydroxylation is 4. The Kier molecular flexibility index (Phi) is 8.17. The second-order valence-corrected chi connectivity index (χ2v) is 9.56. The first-order valence-corrected chi connectivity index (χ1v) is 12.5. The molecular weight excluding hydrogens is 476 g/mol. The van der Waals surface area contributed by atoms with Gasteiger partial charge in [0, 0.05) is 12.8 Å². The highest BCUT2D eigenvalue weighted by molar-refractivity contribution is 5.92. The quantitative estimate of drug-likeness (QED) is 0.196. The molecule has 0 aromatic heterocycles. The Morgan fingerprint density at radius 1 is 0.500 bits per heavy atom. The molecule has 0 fully saturated rings. The van der Waals surface area contributed by atoms with Crippen LogP contribution in [0.2, 0.25) is 0 Å². The molecule has 0 saturated carbocycles. The van der Waals surface area contributed by atoms with Crippen LogP contribution in [0, 0.1) is 27.7 Å². The van der Waals surface area contributed by atoms with E-state index in [9.17, 15) is 14.4 Å². The molecule has 0 atom stereocenters. The third kappa shape index (κ3) is 6.83. The summed E-state index contributed by atoms with van der Waals surface area (Å²) in [7, 11) is 0. The monoisotopic (exact) mass is 506 g/mol. The van der Waals surface area contributed by atoms with Crippen molar-refractivity contribution in [3.8, 4) is 11.5 Å². The molecule has 5 heteroatoms. The molecule has 4 aromatic rings. The smallest absolute Gasteiger partial charge is 0.343 e. The second kappa shape index (κ2) is 11.7. The summed E-state index contributed by atoms with van der Waals surface area (Å²) in [5, 5.41) is 0. The van der Waals surface area contributed by atoms with Gasteiger partial charge < -0.3 is 9.47 Å². The van der Waals surface area contributed by atoms with Gasteiger partial charge in [0.25, 0.3) is 0 Å². The zero-order valence-electron chi connectivity index (χ0n) is 22.0. The van der Waals surface area contributed by atoms with Gasteiger partial charge in [0.2, 0.25) is 0 Å². The van der Waals surface area contributed by atoms with Gasteiger partial charge in [-0.15, -0.1) is 0 Å². The van der Waals surface area contributed by atoms with Crippen LogP contribution in [0.5, 0.6) is 11.5 Å². The van der Waals surface area contributed by atoms with Crippen LogP contribution in [0.4, 0.5) is 0 Å². The summed E-state index contributed by atoms with van der Waals surface area (Å²) in [6, 6.07) is 24.8. The number of benzene rings is 4. The van der Waals surface area contributed by atoms with Gasteiger partial charge in [-0.05, 0) is 110 Å². The molecule has 0 unspecified atom stereocenters. The largest absolute Gasteiger partial charge is 0.423 e. The minimum atomic E-state index is -0.417. The maximum absolute atomic E-state index is 12.6. The number of hydrogen-bond acceptors (Lipinski definition) is 5. The Morgan fingerprint density at radius 3 is 1.21 bits per heavy atom. The molecule has 0 N–H and O–H groups in total. The molecule has 0 amide bonds. The van der Waals surface area contributed by atoms with Crippen molar-refractivity contribution in [2.75, 3.05) is 0 Å². The SMILES string of the molecule is Cc1ccc(C(=O)Oc2ccc(CC(=O)Cc3ccc(OC(=O)c4ccc(C)c(C)c4)cc3)cc2)cc1C. The molecule has 0 spiro atoms. The van der Waals surface area contributed by atoms with Gasteiger partial charge in [0.1, 0.15) is 17.3 Å². The Balaban J connectivity index is 1.28. The molecule has 0 bridgehead atoms. The van der Waals surface area contributed by atoms with Gasteiger partial charge in [-0.25, -0.2) is 9.59 Å². The Morgan fingerprint density at radius 2 is 0.868 bits per heavy atom. The van der Waals surface area contributed by atoms with Gasteiger partial charge in [0.15, 0.2) is 0 Å². The van der Waals surface area contributed by atoms with E-state index >= 15 is 0 Å². The van der Waals surface area contributed by atoms with Gasteiger partial charge >= 0.3 is 11.9 Å². The normalized spacial score (nSPS) is 10.6. The molecule has 4 aromatic carbocycles. The summed E-state index contributed by atoms with van der Waals surface area (Å²) >= 11 is 0. The van der Waals surface area contributed by atoms with E-state index in [4.69, 9.17) is 9.47 Å². The third-order valence-corrected chi connectivity index (χ3v) is 6.56. The number of carbonyl (C=O) groups is 3. The summed E-state index contributed by atoms with van der Waals surface area (Å²) in [4.78, 5) is 37.5. The maximum atomic E-state index is 12.6. The molecule has 0 heterocycles. The minimum absolute atomic E-state index is 0.0461. The minimum Gasteiger partial charge on any atom is -0.423 e. The van der Waals surface area contributed by atoms with Gasteiger partial charge in [-0.3, -0.25) is 4.79 Å². The number of hydrogen-bond donors (Lipinski definition) is 0. The van der Waals surface area contributed by atoms with Crippen LogP contribution >= 0.6 is 0 Å². The first kappa shape index (κ1) is 26.6. The predicted molar refractivity (Wildman–Crippen MR) is 147 cm³/mol. The summed E-state index contributed by atoms with van der Waals surface area (Å²) in [5.74, 6) is 0.0653. The Labute approximate surface area is 223 Å². The van der Waals surface area contributed by atoms with Gasteiger partial charge in [-0.1, -0.05) is 36.4 Å². The molecule has 4 rings (SSSR count). The first-order valence-electron chi connectivity index (χ1n) is 12.5. The molecule has 192 valence electrons. The molecule has 0 aliphatic carbocycles. The van der Waals surface area contributed by atoms with E-state index in [1.165, 1.54) is 0 Å². The predicted octanol–water partition coefficient (Wildman–Crippen LogP) is 6.71. The van der Waals surface area contributed by atoms with E-state index in [0.29, 0.717) is 22.6 Å². The number of esters is 2. The average Bonchev–Trinajstić information content (AvgIpc) is 2.89. The van der Waals surface area contributed by atoms with Crippen molar-refractivity contribution in [3.05, 3.63) is 129 Å².